The van der Waals surface area contributed by atoms with E-state index in [9.17, 15) is 9.59 Å². The van der Waals surface area contributed by atoms with Crippen LogP contribution in [-0.2, 0) is 0 Å². The van der Waals surface area contributed by atoms with E-state index in [1.54, 1.807) is 30.3 Å². The van der Waals surface area contributed by atoms with Gasteiger partial charge in [0.15, 0.2) is 5.11 Å². The topological polar surface area (TPSA) is 73.9 Å². The quantitative estimate of drug-likeness (QED) is 0.403. The first-order valence-corrected chi connectivity index (χ1v) is 13.0. The zero-order valence-corrected chi connectivity index (χ0v) is 22.1. The van der Waals surface area contributed by atoms with Gasteiger partial charge in [0.05, 0.1) is 17.3 Å². The first-order valence-electron chi connectivity index (χ1n) is 12.2. The molecule has 1 aliphatic heterocycles. The van der Waals surface area contributed by atoms with E-state index < -0.39 is 0 Å². The van der Waals surface area contributed by atoms with E-state index in [0.29, 0.717) is 54.6 Å². The Labute approximate surface area is 227 Å². The van der Waals surface area contributed by atoms with E-state index in [-0.39, 0.29) is 16.9 Å². The second kappa shape index (κ2) is 12.6. The highest BCUT2D eigenvalue weighted by atomic mass is 35.5. The molecule has 0 atom stereocenters. The number of hydrogen-bond donors (Lipinski definition) is 2. The molecule has 3 aromatic carbocycles. The second-order valence-corrected chi connectivity index (χ2v) is 9.41. The average Bonchev–Trinajstić information content (AvgIpc) is 2.92. The lowest BCUT2D eigenvalue weighted by molar-refractivity contribution is 0.0746. The van der Waals surface area contributed by atoms with Crippen molar-refractivity contribution in [3.8, 4) is 5.75 Å². The van der Waals surface area contributed by atoms with Crippen LogP contribution < -0.4 is 20.3 Å². The van der Waals surface area contributed by atoms with Crippen molar-refractivity contribution < 1.29 is 14.3 Å². The molecule has 192 valence electrons. The Bertz CT molecular complexity index is 1250. The summed E-state index contributed by atoms with van der Waals surface area (Å²) in [5.41, 5.74) is 2.73. The van der Waals surface area contributed by atoms with E-state index in [2.05, 4.69) is 15.5 Å². The van der Waals surface area contributed by atoms with Gasteiger partial charge in [-0.3, -0.25) is 14.9 Å². The highest BCUT2D eigenvalue weighted by Gasteiger charge is 2.23. The summed E-state index contributed by atoms with van der Waals surface area (Å²) in [4.78, 5) is 29.3. The lowest BCUT2D eigenvalue weighted by Gasteiger charge is -2.36. The fourth-order valence-electron chi connectivity index (χ4n) is 4.01. The van der Waals surface area contributed by atoms with E-state index >= 15 is 0 Å². The van der Waals surface area contributed by atoms with Crippen LogP contribution >= 0.6 is 23.8 Å². The van der Waals surface area contributed by atoms with Crippen molar-refractivity contribution in [2.75, 3.05) is 43.0 Å². The number of anilines is 2. The summed E-state index contributed by atoms with van der Waals surface area (Å²) in [7, 11) is 0. The summed E-state index contributed by atoms with van der Waals surface area (Å²) in [5, 5.41) is 6.43. The SMILES string of the molecule is CCCOc1ccc(C(=O)NC(=S)Nc2ccc(N3CCN(C(=O)c4ccccc4)CC3)c(Cl)c2)cc1. The van der Waals surface area contributed by atoms with E-state index in [1.165, 1.54) is 0 Å². The van der Waals surface area contributed by atoms with E-state index in [1.807, 2.05) is 54.3 Å². The molecule has 2 amide bonds. The molecule has 1 aliphatic rings. The normalized spacial score (nSPS) is 13.1. The Hall–Kier alpha value is -3.62. The summed E-state index contributed by atoms with van der Waals surface area (Å²) < 4.78 is 5.55. The van der Waals surface area contributed by atoms with Gasteiger partial charge in [0.25, 0.3) is 11.8 Å². The monoisotopic (exact) mass is 536 g/mol. The van der Waals surface area contributed by atoms with Gasteiger partial charge in [-0.1, -0.05) is 36.7 Å². The number of benzene rings is 3. The van der Waals surface area contributed by atoms with Crippen LogP contribution in [0.1, 0.15) is 34.1 Å². The zero-order valence-electron chi connectivity index (χ0n) is 20.6. The molecule has 3 aromatic rings. The van der Waals surface area contributed by atoms with Crippen LogP contribution in [0.15, 0.2) is 72.8 Å². The highest BCUT2D eigenvalue weighted by Crippen LogP contribution is 2.30. The molecular formula is C28H29ClN4O3S. The number of thiocarbonyl (C=S) groups is 1. The van der Waals surface area contributed by atoms with Gasteiger partial charge in [0.2, 0.25) is 0 Å². The first kappa shape index (κ1) is 26.4. The van der Waals surface area contributed by atoms with Crippen LogP contribution in [0.5, 0.6) is 5.75 Å². The third kappa shape index (κ3) is 6.99. The Morgan fingerprint density at radius 1 is 0.946 bits per heavy atom. The van der Waals surface area contributed by atoms with Gasteiger partial charge in [-0.05, 0) is 73.2 Å². The molecule has 1 fully saturated rings. The fraction of sp³-hybridized carbons (Fsp3) is 0.250. The summed E-state index contributed by atoms with van der Waals surface area (Å²) in [6.45, 7) is 5.26. The summed E-state index contributed by atoms with van der Waals surface area (Å²) >= 11 is 11.9. The van der Waals surface area contributed by atoms with Gasteiger partial charge in [-0.2, -0.15) is 0 Å². The maximum atomic E-state index is 12.7. The minimum atomic E-state index is -0.315. The highest BCUT2D eigenvalue weighted by molar-refractivity contribution is 7.80. The Kier molecular flexibility index (Phi) is 8.98. The van der Waals surface area contributed by atoms with Crippen molar-refractivity contribution in [2.45, 2.75) is 13.3 Å². The number of amides is 2. The van der Waals surface area contributed by atoms with Crippen LogP contribution in [0.2, 0.25) is 5.02 Å². The number of piperazine rings is 1. The molecule has 4 rings (SSSR count). The number of rotatable bonds is 7. The maximum Gasteiger partial charge on any atom is 0.257 e. The van der Waals surface area contributed by atoms with Crippen LogP contribution in [0.4, 0.5) is 11.4 Å². The summed E-state index contributed by atoms with van der Waals surface area (Å²) in [5.74, 6) is 0.449. The molecule has 0 saturated carbocycles. The molecular weight excluding hydrogens is 508 g/mol. The lowest BCUT2D eigenvalue weighted by atomic mass is 10.1. The van der Waals surface area contributed by atoms with Crippen LogP contribution in [0.3, 0.4) is 0 Å². The van der Waals surface area contributed by atoms with Crippen molar-refractivity contribution in [1.29, 1.82) is 0 Å². The zero-order chi connectivity index (χ0) is 26.2. The third-order valence-electron chi connectivity index (χ3n) is 5.95. The smallest absolute Gasteiger partial charge is 0.257 e. The molecule has 7 nitrogen and oxygen atoms in total. The number of halogens is 1. The summed E-state index contributed by atoms with van der Waals surface area (Å²) in [6, 6.07) is 21.8. The van der Waals surface area contributed by atoms with E-state index in [4.69, 9.17) is 28.6 Å². The standard InChI is InChI=1S/C28H29ClN4O3S/c1-2-18-36-23-11-8-20(9-12-23)26(34)31-28(37)30-22-10-13-25(24(29)19-22)32-14-16-33(17-15-32)27(35)21-6-4-3-5-7-21/h3-13,19H,2,14-18H2,1H3,(H2,30,31,34,37). The Balaban J connectivity index is 1.29. The lowest BCUT2D eigenvalue weighted by Crippen LogP contribution is -2.48. The van der Waals surface area contributed by atoms with Gasteiger partial charge < -0.3 is 19.9 Å². The first-order chi connectivity index (χ1) is 17.9. The van der Waals surface area contributed by atoms with Gasteiger partial charge in [0.1, 0.15) is 5.75 Å². The predicted octanol–water partition coefficient (Wildman–Crippen LogP) is 5.22. The molecule has 0 aromatic heterocycles. The molecule has 0 unspecified atom stereocenters. The number of nitrogens with one attached hydrogen (secondary N) is 2. The van der Waals surface area contributed by atoms with Crippen LogP contribution in [0, 0.1) is 0 Å². The summed E-state index contributed by atoms with van der Waals surface area (Å²) in [6.07, 6.45) is 0.916. The Morgan fingerprint density at radius 3 is 2.30 bits per heavy atom. The van der Waals surface area contributed by atoms with Crippen LogP contribution in [0.25, 0.3) is 0 Å². The molecule has 1 heterocycles. The molecule has 37 heavy (non-hydrogen) atoms. The second-order valence-electron chi connectivity index (χ2n) is 8.59. The van der Waals surface area contributed by atoms with Crippen molar-refractivity contribution in [2.24, 2.45) is 0 Å². The number of carbonyl (C=O) groups excluding carboxylic acids is 2. The van der Waals surface area contributed by atoms with Crippen molar-refractivity contribution in [3.63, 3.8) is 0 Å². The molecule has 0 radical (unpaired) electrons. The molecule has 1 saturated heterocycles. The Morgan fingerprint density at radius 2 is 1.65 bits per heavy atom. The minimum Gasteiger partial charge on any atom is -0.494 e. The molecule has 0 bridgehead atoms. The fourth-order valence-corrected chi connectivity index (χ4v) is 4.53. The molecule has 9 heteroatoms. The van der Waals surface area contributed by atoms with Gasteiger partial charge in [-0.25, -0.2) is 0 Å². The van der Waals surface area contributed by atoms with Crippen molar-refractivity contribution in [3.05, 3.63) is 88.9 Å². The van der Waals surface area contributed by atoms with Gasteiger partial charge >= 0.3 is 0 Å². The molecule has 0 spiro atoms. The van der Waals surface area contributed by atoms with E-state index in [0.717, 1.165) is 17.9 Å². The molecule has 2 N–H and O–H groups in total. The van der Waals surface area contributed by atoms with Gasteiger partial charge in [-0.15, -0.1) is 0 Å². The largest absolute Gasteiger partial charge is 0.494 e. The predicted molar refractivity (Wildman–Crippen MR) is 152 cm³/mol. The van der Waals surface area contributed by atoms with Crippen molar-refractivity contribution >= 4 is 52.1 Å². The number of carbonyl (C=O) groups is 2. The number of nitrogens with zero attached hydrogens (tertiary/aromatic N) is 2. The van der Waals surface area contributed by atoms with Crippen LogP contribution in [-0.4, -0.2) is 54.6 Å². The third-order valence-corrected chi connectivity index (χ3v) is 6.46. The van der Waals surface area contributed by atoms with Crippen molar-refractivity contribution in [1.82, 2.24) is 10.2 Å². The number of hydrogen-bond acceptors (Lipinski definition) is 5. The minimum absolute atomic E-state index is 0.0437. The molecule has 0 aliphatic carbocycles. The number of ether oxygens (including phenoxy) is 1. The average molecular weight is 537 g/mol. The maximum absolute atomic E-state index is 12.7. The van der Waals surface area contributed by atoms with Gasteiger partial charge in [0, 0.05) is 43.0 Å².